The number of rotatable bonds is 4. The number of likely N-dealkylation sites (tertiary alicyclic amines) is 1. The van der Waals surface area contributed by atoms with Gasteiger partial charge in [0, 0.05) is 32.2 Å². The molecule has 0 unspecified atom stereocenters. The molecule has 4 rings (SSSR count). The maximum absolute atomic E-state index is 13.6. The Kier molecular flexibility index (Phi) is 5.97. The number of morpholine rings is 1. The highest BCUT2D eigenvalue weighted by molar-refractivity contribution is 7.88. The third kappa shape index (κ3) is 4.08. The molecule has 0 aliphatic carbocycles. The molecular formula is C21H31N3O4S. The number of sulfonamides is 1. The molecule has 160 valence electrons. The van der Waals surface area contributed by atoms with E-state index in [0.717, 1.165) is 18.5 Å². The van der Waals surface area contributed by atoms with Crippen LogP contribution in [-0.2, 0) is 25.3 Å². The minimum Gasteiger partial charge on any atom is -0.378 e. The SMILES string of the molecule is CN1CC[C@]2(C(=O)N3CCOCC3)CCN(S(=O)(=O)Cc3ccccc3)CC[C@H]12. The van der Waals surface area contributed by atoms with Crippen LogP contribution in [0.2, 0.25) is 0 Å². The third-order valence-corrected chi connectivity index (χ3v) is 8.70. The van der Waals surface area contributed by atoms with Crippen molar-refractivity contribution >= 4 is 15.9 Å². The maximum Gasteiger partial charge on any atom is 0.230 e. The molecule has 3 heterocycles. The van der Waals surface area contributed by atoms with Gasteiger partial charge in [-0.05, 0) is 38.4 Å². The fourth-order valence-corrected chi connectivity index (χ4v) is 6.75. The number of amides is 1. The summed E-state index contributed by atoms with van der Waals surface area (Å²) in [6.07, 6.45) is 2.09. The molecule has 3 aliphatic rings. The van der Waals surface area contributed by atoms with Gasteiger partial charge in [0.25, 0.3) is 0 Å². The highest BCUT2D eigenvalue weighted by Crippen LogP contribution is 2.45. The highest BCUT2D eigenvalue weighted by Gasteiger charge is 2.54. The lowest BCUT2D eigenvalue weighted by molar-refractivity contribution is -0.148. The molecule has 8 heteroatoms. The molecule has 0 aromatic heterocycles. The monoisotopic (exact) mass is 421 g/mol. The second kappa shape index (κ2) is 8.34. The van der Waals surface area contributed by atoms with Crippen molar-refractivity contribution in [2.75, 3.05) is 53.0 Å². The van der Waals surface area contributed by atoms with Gasteiger partial charge in [-0.1, -0.05) is 30.3 Å². The normalized spacial score (nSPS) is 29.4. The Morgan fingerprint density at radius 2 is 1.76 bits per heavy atom. The van der Waals surface area contributed by atoms with E-state index in [4.69, 9.17) is 4.74 Å². The van der Waals surface area contributed by atoms with Gasteiger partial charge in [-0.2, -0.15) is 0 Å². The van der Waals surface area contributed by atoms with E-state index in [2.05, 4.69) is 11.9 Å². The van der Waals surface area contributed by atoms with Crippen molar-refractivity contribution in [3.63, 3.8) is 0 Å². The number of nitrogens with zero attached hydrogens (tertiary/aromatic N) is 3. The van der Waals surface area contributed by atoms with E-state index in [0.29, 0.717) is 52.2 Å². The van der Waals surface area contributed by atoms with Crippen LogP contribution in [0.3, 0.4) is 0 Å². The average Bonchev–Trinajstić information content (AvgIpc) is 2.92. The molecule has 3 saturated heterocycles. The van der Waals surface area contributed by atoms with Crippen LogP contribution in [0.25, 0.3) is 0 Å². The Morgan fingerprint density at radius 3 is 2.48 bits per heavy atom. The van der Waals surface area contributed by atoms with Crippen LogP contribution < -0.4 is 0 Å². The predicted molar refractivity (Wildman–Crippen MR) is 111 cm³/mol. The predicted octanol–water partition coefficient (Wildman–Crippen LogP) is 1.16. The van der Waals surface area contributed by atoms with Crippen LogP contribution in [-0.4, -0.2) is 87.5 Å². The molecule has 2 atom stereocenters. The van der Waals surface area contributed by atoms with Gasteiger partial charge in [0.05, 0.1) is 24.4 Å². The van der Waals surface area contributed by atoms with Crippen molar-refractivity contribution in [3.8, 4) is 0 Å². The average molecular weight is 422 g/mol. The number of hydrogen-bond donors (Lipinski definition) is 0. The Bertz CT molecular complexity index is 826. The zero-order valence-corrected chi connectivity index (χ0v) is 17.9. The van der Waals surface area contributed by atoms with Crippen molar-refractivity contribution in [1.29, 1.82) is 0 Å². The van der Waals surface area contributed by atoms with Gasteiger partial charge in [0.2, 0.25) is 15.9 Å². The second-order valence-electron chi connectivity index (χ2n) is 8.49. The molecule has 1 aromatic rings. The first-order valence-corrected chi connectivity index (χ1v) is 12.1. The first-order chi connectivity index (χ1) is 13.9. The molecule has 29 heavy (non-hydrogen) atoms. The van der Waals surface area contributed by atoms with Crippen molar-refractivity contribution < 1.29 is 17.9 Å². The fraction of sp³-hybridized carbons (Fsp3) is 0.667. The molecule has 0 spiro atoms. The first kappa shape index (κ1) is 20.8. The van der Waals surface area contributed by atoms with Crippen molar-refractivity contribution in [2.45, 2.75) is 31.1 Å². The van der Waals surface area contributed by atoms with E-state index in [1.807, 2.05) is 35.2 Å². The van der Waals surface area contributed by atoms with Crippen molar-refractivity contribution in [2.24, 2.45) is 5.41 Å². The van der Waals surface area contributed by atoms with Gasteiger partial charge < -0.3 is 14.5 Å². The summed E-state index contributed by atoms with van der Waals surface area (Å²) < 4.78 is 33.2. The summed E-state index contributed by atoms with van der Waals surface area (Å²) in [5.41, 5.74) is 0.316. The van der Waals surface area contributed by atoms with Crippen LogP contribution in [0.5, 0.6) is 0 Å². The zero-order chi connectivity index (χ0) is 20.5. The van der Waals surface area contributed by atoms with E-state index in [1.54, 1.807) is 4.31 Å². The van der Waals surface area contributed by atoms with Gasteiger partial charge in [0.15, 0.2) is 0 Å². The number of carbonyl (C=O) groups excluding carboxylic acids is 1. The minimum atomic E-state index is -3.42. The summed E-state index contributed by atoms with van der Waals surface area (Å²) >= 11 is 0. The van der Waals surface area contributed by atoms with Gasteiger partial charge in [-0.15, -0.1) is 0 Å². The first-order valence-electron chi connectivity index (χ1n) is 10.5. The lowest BCUT2D eigenvalue weighted by Crippen LogP contribution is -2.53. The molecule has 1 amide bonds. The van der Waals surface area contributed by atoms with Gasteiger partial charge in [-0.3, -0.25) is 4.79 Å². The standard InChI is InChI=1S/C21H31N3O4S/c1-22-11-8-21(20(25)23-13-15-28-16-14-23)9-12-24(10-7-19(21)22)29(26,27)17-18-5-3-2-4-6-18/h2-6,19H,7-17H2,1H3/t19-,21-/m0/s1. The molecule has 7 nitrogen and oxygen atoms in total. The van der Waals surface area contributed by atoms with E-state index in [1.165, 1.54) is 0 Å². The number of fused-ring (bicyclic) bond motifs is 1. The Morgan fingerprint density at radius 1 is 1.07 bits per heavy atom. The molecule has 1 aromatic carbocycles. The van der Waals surface area contributed by atoms with E-state index in [9.17, 15) is 13.2 Å². The van der Waals surface area contributed by atoms with Gasteiger partial charge in [0.1, 0.15) is 0 Å². The van der Waals surface area contributed by atoms with E-state index < -0.39 is 15.4 Å². The topological polar surface area (TPSA) is 70.2 Å². The smallest absolute Gasteiger partial charge is 0.230 e. The summed E-state index contributed by atoms with van der Waals surface area (Å²) in [6, 6.07) is 9.41. The minimum absolute atomic E-state index is 0.0127. The summed E-state index contributed by atoms with van der Waals surface area (Å²) in [5, 5.41) is 0. The van der Waals surface area contributed by atoms with Crippen molar-refractivity contribution in [3.05, 3.63) is 35.9 Å². The van der Waals surface area contributed by atoms with Crippen molar-refractivity contribution in [1.82, 2.24) is 14.1 Å². The van der Waals surface area contributed by atoms with Crippen LogP contribution in [0.1, 0.15) is 24.8 Å². The van der Waals surface area contributed by atoms with E-state index >= 15 is 0 Å². The fourth-order valence-electron chi connectivity index (χ4n) is 5.20. The van der Waals surface area contributed by atoms with Gasteiger partial charge >= 0.3 is 0 Å². The number of benzene rings is 1. The Balaban J connectivity index is 1.54. The van der Waals surface area contributed by atoms with Crippen LogP contribution in [0.4, 0.5) is 0 Å². The lowest BCUT2D eigenvalue weighted by atomic mass is 9.75. The highest BCUT2D eigenvalue weighted by atomic mass is 32.2. The molecule has 3 fully saturated rings. The molecule has 0 bridgehead atoms. The molecule has 0 saturated carbocycles. The summed E-state index contributed by atoms with van der Waals surface area (Å²) in [6.45, 7) is 4.20. The zero-order valence-electron chi connectivity index (χ0n) is 17.1. The number of carbonyl (C=O) groups is 1. The van der Waals surface area contributed by atoms with E-state index in [-0.39, 0.29) is 17.7 Å². The Hall–Kier alpha value is -1.48. The summed E-state index contributed by atoms with van der Waals surface area (Å²) in [5.74, 6) is 0.205. The summed E-state index contributed by atoms with van der Waals surface area (Å²) in [7, 11) is -1.35. The molecule has 3 aliphatic heterocycles. The number of hydrogen-bond acceptors (Lipinski definition) is 5. The third-order valence-electron chi connectivity index (χ3n) is 6.85. The maximum atomic E-state index is 13.6. The second-order valence-corrected chi connectivity index (χ2v) is 10.5. The van der Waals surface area contributed by atoms with Crippen LogP contribution >= 0.6 is 0 Å². The van der Waals surface area contributed by atoms with Crippen LogP contribution in [0.15, 0.2) is 30.3 Å². The quantitative estimate of drug-likeness (QED) is 0.730. The molecule has 0 radical (unpaired) electrons. The number of ether oxygens (including phenoxy) is 1. The summed E-state index contributed by atoms with van der Waals surface area (Å²) in [4.78, 5) is 17.8. The largest absolute Gasteiger partial charge is 0.378 e. The molecular weight excluding hydrogens is 390 g/mol. The van der Waals surface area contributed by atoms with Crippen LogP contribution in [0, 0.1) is 5.41 Å². The Labute approximate surface area is 173 Å². The molecule has 0 N–H and O–H groups in total. The lowest BCUT2D eigenvalue weighted by Gasteiger charge is -2.39. The van der Waals surface area contributed by atoms with Gasteiger partial charge in [-0.25, -0.2) is 12.7 Å².